The molecule has 1 aliphatic rings. The lowest BCUT2D eigenvalue weighted by atomic mass is 9.95. The molecule has 0 bridgehead atoms. The minimum Gasteiger partial charge on any atom is -0.343 e. The average Bonchev–Trinajstić information content (AvgIpc) is 2.51. The third-order valence-corrected chi connectivity index (χ3v) is 5.14. The van der Waals surface area contributed by atoms with Gasteiger partial charge in [0.2, 0.25) is 5.91 Å². The van der Waals surface area contributed by atoms with Crippen LogP contribution in [0.3, 0.4) is 0 Å². The van der Waals surface area contributed by atoms with Crippen LogP contribution in [-0.2, 0) is 11.3 Å². The molecule has 4 heteroatoms. The Labute approximate surface area is 136 Å². The van der Waals surface area contributed by atoms with E-state index in [9.17, 15) is 4.79 Å². The van der Waals surface area contributed by atoms with Gasteiger partial charge in [0.25, 0.3) is 0 Å². The molecule has 0 saturated carbocycles. The number of halogens is 1. The topological polar surface area (TPSA) is 23.6 Å². The predicted molar refractivity (Wildman–Crippen MR) is 90.1 cm³/mol. The number of carbonyl (C=O) groups excluding carboxylic acids is 1. The van der Waals surface area contributed by atoms with Gasteiger partial charge in [0.1, 0.15) is 0 Å². The van der Waals surface area contributed by atoms with Crippen LogP contribution in [0.2, 0.25) is 0 Å². The van der Waals surface area contributed by atoms with Crippen molar-refractivity contribution in [2.24, 2.45) is 5.92 Å². The largest absolute Gasteiger partial charge is 0.343 e. The molecule has 0 atom stereocenters. The van der Waals surface area contributed by atoms with E-state index in [0.717, 1.165) is 45.6 Å². The molecular formula is C17H25BrN2O. The molecule has 3 nitrogen and oxygen atoms in total. The molecule has 0 N–H and O–H groups in total. The number of benzene rings is 1. The van der Waals surface area contributed by atoms with Crippen molar-refractivity contribution in [1.82, 2.24) is 9.80 Å². The monoisotopic (exact) mass is 352 g/mol. The second-order valence-electron chi connectivity index (χ2n) is 5.65. The smallest absolute Gasteiger partial charge is 0.225 e. The quantitative estimate of drug-likeness (QED) is 0.809. The molecule has 1 saturated heterocycles. The maximum Gasteiger partial charge on any atom is 0.225 e. The second kappa shape index (κ2) is 7.95. The van der Waals surface area contributed by atoms with E-state index in [4.69, 9.17) is 0 Å². The van der Waals surface area contributed by atoms with Crippen molar-refractivity contribution >= 4 is 21.8 Å². The normalized spacial score (nSPS) is 16.9. The SMILES string of the molecule is CCN(CC)C(=O)C1CCN(Cc2ccccc2Br)CC1. The molecule has 1 aromatic rings. The average molecular weight is 353 g/mol. The van der Waals surface area contributed by atoms with Crippen molar-refractivity contribution in [3.8, 4) is 0 Å². The molecule has 2 rings (SSSR count). The van der Waals surface area contributed by atoms with E-state index in [-0.39, 0.29) is 5.92 Å². The van der Waals surface area contributed by atoms with E-state index in [1.807, 2.05) is 11.0 Å². The summed E-state index contributed by atoms with van der Waals surface area (Å²) >= 11 is 3.61. The van der Waals surface area contributed by atoms with Crippen LogP contribution in [0.15, 0.2) is 28.7 Å². The van der Waals surface area contributed by atoms with E-state index in [0.29, 0.717) is 5.91 Å². The molecule has 1 fully saturated rings. The van der Waals surface area contributed by atoms with Gasteiger partial charge in [-0.05, 0) is 51.4 Å². The maximum atomic E-state index is 12.4. The predicted octanol–water partition coefficient (Wildman–Crippen LogP) is 3.53. The minimum absolute atomic E-state index is 0.223. The molecule has 0 spiro atoms. The van der Waals surface area contributed by atoms with Crippen LogP contribution in [-0.4, -0.2) is 41.9 Å². The van der Waals surface area contributed by atoms with Crippen LogP contribution in [0.5, 0.6) is 0 Å². The van der Waals surface area contributed by atoms with E-state index < -0.39 is 0 Å². The van der Waals surface area contributed by atoms with Crippen LogP contribution >= 0.6 is 15.9 Å². The highest BCUT2D eigenvalue weighted by atomic mass is 79.9. The van der Waals surface area contributed by atoms with Gasteiger partial charge < -0.3 is 4.90 Å². The fraction of sp³-hybridized carbons (Fsp3) is 0.588. The summed E-state index contributed by atoms with van der Waals surface area (Å²) in [5, 5.41) is 0. The van der Waals surface area contributed by atoms with Gasteiger partial charge in [0.15, 0.2) is 0 Å². The summed E-state index contributed by atoms with van der Waals surface area (Å²) in [6, 6.07) is 8.38. The van der Waals surface area contributed by atoms with Gasteiger partial charge >= 0.3 is 0 Å². The molecule has 21 heavy (non-hydrogen) atoms. The van der Waals surface area contributed by atoms with E-state index in [1.54, 1.807) is 0 Å². The van der Waals surface area contributed by atoms with Crippen LogP contribution in [0.4, 0.5) is 0 Å². The van der Waals surface area contributed by atoms with Crippen LogP contribution in [0.1, 0.15) is 32.3 Å². The van der Waals surface area contributed by atoms with E-state index in [1.165, 1.54) is 10.0 Å². The number of nitrogens with zero attached hydrogens (tertiary/aromatic N) is 2. The van der Waals surface area contributed by atoms with Gasteiger partial charge in [0, 0.05) is 30.0 Å². The Kier molecular flexibility index (Phi) is 6.24. The lowest BCUT2D eigenvalue weighted by Gasteiger charge is -2.33. The van der Waals surface area contributed by atoms with Gasteiger partial charge in [-0.15, -0.1) is 0 Å². The molecule has 0 aliphatic carbocycles. The highest BCUT2D eigenvalue weighted by Gasteiger charge is 2.27. The summed E-state index contributed by atoms with van der Waals surface area (Å²) in [6.07, 6.45) is 1.97. The van der Waals surface area contributed by atoms with Gasteiger partial charge in [-0.25, -0.2) is 0 Å². The van der Waals surface area contributed by atoms with E-state index in [2.05, 4.69) is 52.9 Å². The molecule has 1 aromatic carbocycles. The third-order valence-electron chi connectivity index (χ3n) is 4.36. The molecule has 1 aliphatic heterocycles. The number of rotatable bonds is 5. The molecule has 0 unspecified atom stereocenters. The summed E-state index contributed by atoms with van der Waals surface area (Å²) < 4.78 is 1.17. The lowest BCUT2D eigenvalue weighted by molar-refractivity contribution is -0.136. The second-order valence-corrected chi connectivity index (χ2v) is 6.51. The summed E-state index contributed by atoms with van der Waals surface area (Å²) in [5.74, 6) is 0.570. The first kappa shape index (κ1) is 16.5. The Morgan fingerprint density at radius 3 is 2.43 bits per heavy atom. The standard InChI is InChI=1S/C17H25BrN2O/c1-3-20(4-2)17(21)14-9-11-19(12-10-14)13-15-7-5-6-8-16(15)18/h5-8,14H,3-4,9-13H2,1-2H3. The molecular weight excluding hydrogens is 328 g/mol. The fourth-order valence-corrected chi connectivity index (χ4v) is 3.41. The zero-order chi connectivity index (χ0) is 15.2. The van der Waals surface area contributed by atoms with Crippen molar-refractivity contribution in [1.29, 1.82) is 0 Å². The Hall–Kier alpha value is -0.870. The number of hydrogen-bond donors (Lipinski definition) is 0. The number of likely N-dealkylation sites (tertiary alicyclic amines) is 1. The van der Waals surface area contributed by atoms with Gasteiger partial charge in [0.05, 0.1) is 0 Å². The zero-order valence-electron chi connectivity index (χ0n) is 13.0. The Balaban J connectivity index is 1.86. The van der Waals surface area contributed by atoms with E-state index >= 15 is 0 Å². The minimum atomic E-state index is 0.223. The molecule has 1 amide bonds. The number of amides is 1. The zero-order valence-corrected chi connectivity index (χ0v) is 14.6. The number of carbonyl (C=O) groups is 1. The first-order valence-corrected chi connectivity index (χ1v) is 8.69. The Morgan fingerprint density at radius 2 is 1.86 bits per heavy atom. The highest BCUT2D eigenvalue weighted by molar-refractivity contribution is 9.10. The number of piperidine rings is 1. The van der Waals surface area contributed by atoms with Crippen molar-refractivity contribution in [3.05, 3.63) is 34.3 Å². The van der Waals surface area contributed by atoms with Crippen molar-refractivity contribution in [2.75, 3.05) is 26.2 Å². The van der Waals surface area contributed by atoms with Crippen LogP contribution < -0.4 is 0 Å². The molecule has 0 radical (unpaired) electrons. The lowest BCUT2D eigenvalue weighted by Crippen LogP contribution is -2.42. The summed E-state index contributed by atoms with van der Waals surface area (Å²) in [6.45, 7) is 8.76. The Bertz CT molecular complexity index is 466. The molecule has 0 aromatic heterocycles. The Morgan fingerprint density at radius 1 is 1.24 bits per heavy atom. The molecule has 116 valence electrons. The third kappa shape index (κ3) is 4.30. The number of hydrogen-bond acceptors (Lipinski definition) is 2. The van der Waals surface area contributed by atoms with Gasteiger partial charge in [-0.3, -0.25) is 9.69 Å². The summed E-state index contributed by atoms with van der Waals surface area (Å²) in [4.78, 5) is 16.8. The first-order valence-electron chi connectivity index (χ1n) is 7.90. The summed E-state index contributed by atoms with van der Waals surface area (Å²) in [5.41, 5.74) is 1.33. The van der Waals surface area contributed by atoms with Crippen molar-refractivity contribution in [2.45, 2.75) is 33.2 Å². The van der Waals surface area contributed by atoms with Crippen LogP contribution in [0, 0.1) is 5.92 Å². The fourth-order valence-electron chi connectivity index (χ4n) is 3.00. The highest BCUT2D eigenvalue weighted by Crippen LogP contribution is 2.23. The van der Waals surface area contributed by atoms with Crippen LogP contribution in [0.25, 0.3) is 0 Å². The summed E-state index contributed by atoms with van der Waals surface area (Å²) in [7, 11) is 0. The maximum absolute atomic E-state index is 12.4. The van der Waals surface area contributed by atoms with Gasteiger partial charge in [-0.1, -0.05) is 34.1 Å². The van der Waals surface area contributed by atoms with Gasteiger partial charge in [-0.2, -0.15) is 0 Å². The van der Waals surface area contributed by atoms with Crippen molar-refractivity contribution in [3.63, 3.8) is 0 Å². The van der Waals surface area contributed by atoms with Crippen molar-refractivity contribution < 1.29 is 4.79 Å². The first-order chi connectivity index (χ1) is 10.2. The molecule has 1 heterocycles.